The van der Waals surface area contributed by atoms with E-state index in [0.717, 1.165) is 16.8 Å². The quantitative estimate of drug-likeness (QED) is 0.542. The summed E-state index contributed by atoms with van der Waals surface area (Å²) >= 11 is 0. The first-order valence-corrected chi connectivity index (χ1v) is 4.20. The van der Waals surface area contributed by atoms with Crippen LogP contribution in [0.2, 0.25) is 0 Å². The van der Waals surface area contributed by atoms with E-state index >= 15 is 0 Å². The van der Waals surface area contributed by atoms with Gasteiger partial charge in [-0.2, -0.15) is 0 Å². The van der Waals surface area contributed by atoms with Crippen molar-refractivity contribution in [2.24, 2.45) is 0 Å². The molecule has 0 unspecified atom stereocenters. The Labute approximate surface area is 74.6 Å². The van der Waals surface area contributed by atoms with Crippen LogP contribution in [0.1, 0.15) is 27.7 Å². The fourth-order valence-corrected chi connectivity index (χ4v) is 1.00. The van der Waals surface area contributed by atoms with Gasteiger partial charge in [0.05, 0.1) is 0 Å². The van der Waals surface area contributed by atoms with Crippen LogP contribution in [0.25, 0.3) is 0 Å². The monoisotopic (exact) mass is 167 g/mol. The number of likely N-dealkylation sites (N-methyl/N-ethyl adjacent to an activating group) is 1. The van der Waals surface area contributed by atoms with Crippen molar-refractivity contribution in [2.45, 2.75) is 27.7 Å². The SMILES string of the molecule is C=C1C(C)=C(C)C(=O)N1C.CC. The van der Waals surface area contributed by atoms with E-state index in [9.17, 15) is 4.79 Å². The minimum Gasteiger partial charge on any atom is -0.312 e. The molecule has 2 heteroatoms. The van der Waals surface area contributed by atoms with Crippen molar-refractivity contribution < 1.29 is 4.79 Å². The minimum absolute atomic E-state index is 0.0718. The van der Waals surface area contributed by atoms with Gasteiger partial charge in [0.2, 0.25) is 0 Å². The maximum Gasteiger partial charge on any atom is 0.253 e. The van der Waals surface area contributed by atoms with Gasteiger partial charge in [-0.3, -0.25) is 4.79 Å². The molecule has 0 radical (unpaired) electrons. The Balaban J connectivity index is 0.000000561. The van der Waals surface area contributed by atoms with E-state index in [-0.39, 0.29) is 5.91 Å². The maximum absolute atomic E-state index is 11.1. The van der Waals surface area contributed by atoms with Crippen LogP contribution in [-0.4, -0.2) is 17.9 Å². The minimum atomic E-state index is 0.0718. The van der Waals surface area contributed by atoms with Crippen molar-refractivity contribution in [3.05, 3.63) is 23.4 Å². The Bertz CT molecular complexity index is 214. The van der Waals surface area contributed by atoms with Crippen LogP contribution in [0.15, 0.2) is 23.4 Å². The Morgan fingerprint density at radius 2 is 1.58 bits per heavy atom. The fraction of sp³-hybridized carbons (Fsp3) is 0.500. The summed E-state index contributed by atoms with van der Waals surface area (Å²) < 4.78 is 0. The van der Waals surface area contributed by atoms with E-state index in [1.165, 1.54) is 0 Å². The third-order valence-electron chi connectivity index (χ3n) is 2.03. The molecule has 1 aliphatic heterocycles. The number of carbonyl (C=O) groups excluding carboxylic acids is 1. The summed E-state index contributed by atoms with van der Waals surface area (Å²) in [7, 11) is 1.74. The van der Waals surface area contributed by atoms with Gasteiger partial charge in [-0.05, 0) is 19.4 Å². The molecule has 0 atom stereocenters. The lowest BCUT2D eigenvalue weighted by molar-refractivity contribution is -0.123. The van der Waals surface area contributed by atoms with Gasteiger partial charge in [-0.25, -0.2) is 0 Å². The number of carbonyl (C=O) groups is 1. The molecule has 0 bridgehead atoms. The molecular formula is C10H17NO. The highest BCUT2D eigenvalue weighted by atomic mass is 16.2. The Morgan fingerprint density at radius 1 is 1.17 bits per heavy atom. The molecule has 0 fully saturated rings. The van der Waals surface area contributed by atoms with Crippen LogP contribution < -0.4 is 0 Å². The number of amides is 1. The van der Waals surface area contributed by atoms with Gasteiger partial charge < -0.3 is 4.90 Å². The highest BCUT2D eigenvalue weighted by Crippen LogP contribution is 2.24. The zero-order valence-electron chi connectivity index (χ0n) is 8.56. The fourth-order valence-electron chi connectivity index (χ4n) is 1.00. The number of hydrogen-bond acceptors (Lipinski definition) is 1. The molecule has 1 amide bonds. The number of rotatable bonds is 0. The van der Waals surface area contributed by atoms with Crippen molar-refractivity contribution in [2.75, 3.05) is 7.05 Å². The van der Waals surface area contributed by atoms with E-state index in [2.05, 4.69) is 6.58 Å². The van der Waals surface area contributed by atoms with Gasteiger partial charge in [-0.15, -0.1) is 0 Å². The molecule has 0 saturated carbocycles. The van der Waals surface area contributed by atoms with Gasteiger partial charge in [0.25, 0.3) is 5.91 Å². The molecule has 0 spiro atoms. The summed E-state index contributed by atoms with van der Waals surface area (Å²) in [6.07, 6.45) is 0. The molecule has 1 aliphatic rings. The highest BCUT2D eigenvalue weighted by Gasteiger charge is 2.24. The van der Waals surface area contributed by atoms with E-state index < -0.39 is 0 Å². The summed E-state index contributed by atoms with van der Waals surface area (Å²) in [5, 5.41) is 0. The molecule has 2 nitrogen and oxygen atoms in total. The van der Waals surface area contributed by atoms with E-state index in [1.54, 1.807) is 11.9 Å². The smallest absolute Gasteiger partial charge is 0.253 e. The third kappa shape index (κ3) is 1.58. The Hall–Kier alpha value is -1.05. The van der Waals surface area contributed by atoms with Crippen LogP contribution in [0.5, 0.6) is 0 Å². The standard InChI is InChI=1S/C8H11NO.C2H6/c1-5-6(2)8(10)9(4)7(5)3;1-2/h3H2,1-2,4H3;1-2H3. The molecule has 0 aromatic heterocycles. The zero-order chi connectivity index (χ0) is 9.89. The summed E-state index contributed by atoms with van der Waals surface area (Å²) in [6, 6.07) is 0. The maximum atomic E-state index is 11.1. The van der Waals surface area contributed by atoms with Gasteiger partial charge in [-0.1, -0.05) is 20.4 Å². The van der Waals surface area contributed by atoms with Crippen molar-refractivity contribution in [3.63, 3.8) is 0 Å². The molecule has 0 saturated heterocycles. The number of nitrogens with zero attached hydrogens (tertiary/aromatic N) is 1. The molecule has 12 heavy (non-hydrogen) atoms. The summed E-state index contributed by atoms with van der Waals surface area (Å²) in [4.78, 5) is 12.7. The van der Waals surface area contributed by atoms with Crippen molar-refractivity contribution in [1.82, 2.24) is 4.90 Å². The first-order chi connectivity index (χ1) is 5.55. The van der Waals surface area contributed by atoms with Crippen LogP contribution in [0, 0.1) is 0 Å². The van der Waals surface area contributed by atoms with Gasteiger partial charge >= 0.3 is 0 Å². The number of hydrogen-bond donors (Lipinski definition) is 0. The van der Waals surface area contributed by atoms with Crippen LogP contribution >= 0.6 is 0 Å². The Kier molecular flexibility index (Phi) is 3.74. The molecule has 68 valence electrons. The molecule has 0 N–H and O–H groups in total. The van der Waals surface area contributed by atoms with Crippen molar-refractivity contribution in [1.29, 1.82) is 0 Å². The largest absolute Gasteiger partial charge is 0.312 e. The first kappa shape index (κ1) is 11.0. The summed E-state index contributed by atoms with van der Waals surface area (Å²) in [5.74, 6) is 0.0718. The summed E-state index contributed by atoms with van der Waals surface area (Å²) in [6.45, 7) is 11.5. The lowest BCUT2D eigenvalue weighted by Crippen LogP contribution is -2.19. The molecule has 1 rings (SSSR count). The molecule has 1 heterocycles. The predicted octanol–water partition coefficient (Wildman–Crippen LogP) is 2.33. The first-order valence-electron chi connectivity index (χ1n) is 4.20. The van der Waals surface area contributed by atoms with Crippen LogP contribution in [0.3, 0.4) is 0 Å². The Morgan fingerprint density at radius 3 is 1.67 bits per heavy atom. The second-order valence-electron chi connectivity index (χ2n) is 2.56. The zero-order valence-corrected chi connectivity index (χ0v) is 8.56. The lowest BCUT2D eigenvalue weighted by atomic mass is 10.2. The highest BCUT2D eigenvalue weighted by molar-refractivity contribution is 5.99. The third-order valence-corrected chi connectivity index (χ3v) is 2.03. The predicted molar refractivity (Wildman–Crippen MR) is 51.6 cm³/mol. The second kappa shape index (κ2) is 4.10. The molecule has 0 aromatic carbocycles. The normalized spacial score (nSPS) is 16.6. The number of allylic oxidation sites excluding steroid dienone is 1. The topological polar surface area (TPSA) is 20.3 Å². The van der Waals surface area contributed by atoms with E-state index in [1.807, 2.05) is 27.7 Å². The average molecular weight is 167 g/mol. The van der Waals surface area contributed by atoms with E-state index in [0.29, 0.717) is 0 Å². The van der Waals surface area contributed by atoms with E-state index in [4.69, 9.17) is 0 Å². The lowest BCUT2D eigenvalue weighted by Gasteiger charge is -2.09. The second-order valence-corrected chi connectivity index (χ2v) is 2.56. The average Bonchev–Trinajstić information content (AvgIpc) is 2.27. The van der Waals surface area contributed by atoms with Gasteiger partial charge in [0.1, 0.15) is 0 Å². The van der Waals surface area contributed by atoms with Crippen LogP contribution in [0.4, 0.5) is 0 Å². The van der Waals surface area contributed by atoms with Crippen molar-refractivity contribution >= 4 is 5.91 Å². The summed E-state index contributed by atoms with van der Waals surface area (Å²) in [5.41, 5.74) is 2.64. The molecular weight excluding hydrogens is 150 g/mol. The van der Waals surface area contributed by atoms with Crippen LogP contribution in [-0.2, 0) is 4.79 Å². The van der Waals surface area contributed by atoms with Gasteiger partial charge in [0.15, 0.2) is 0 Å². The molecule has 0 aliphatic carbocycles. The van der Waals surface area contributed by atoms with Crippen molar-refractivity contribution in [3.8, 4) is 0 Å². The van der Waals surface area contributed by atoms with Gasteiger partial charge in [0, 0.05) is 18.3 Å². The molecule has 0 aromatic rings.